The lowest BCUT2D eigenvalue weighted by Gasteiger charge is -2.60. The molecule has 3 aliphatic carbocycles. The zero-order valence-corrected chi connectivity index (χ0v) is 10.9. The molecule has 3 atom stereocenters. The molecule has 2 bridgehead atoms. The molecule has 1 spiro atoms. The predicted molar refractivity (Wildman–Crippen MR) is 64.7 cm³/mol. The molecular weight excluding hydrogens is 180 g/mol. The second-order valence-corrected chi connectivity index (χ2v) is 7.75. The van der Waals surface area contributed by atoms with E-state index in [9.17, 15) is 0 Å². The van der Waals surface area contributed by atoms with Gasteiger partial charge in [-0.15, -0.1) is 0 Å². The van der Waals surface area contributed by atoms with E-state index in [1.165, 1.54) is 19.3 Å². The third-order valence-electron chi connectivity index (χ3n) is 7.11. The van der Waals surface area contributed by atoms with E-state index in [4.69, 9.17) is 0 Å². The van der Waals surface area contributed by atoms with Crippen LogP contribution in [0.1, 0.15) is 66.2 Å². The maximum atomic E-state index is 2.58. The van der Waals surface area contributed by atoms with Crippen molar-refractivity contribution in [2.24, 2.45) is 28.1 Å². The van der Waals surface area contributed by atoms with Crippen LogP contribution in [0.4, 0.5) is 0 Å². The quantitative estimate of drug-likeness (QED) is 0.541. The summed E-state index contributed by atoms with van der Waals surface area (Å²) in [6.45, 7) is 10.2. The van der Waals surface area contributed by atoms with Crippen LogP contribution in [0.25, 0.3) is 0 Å². The van der Waals surface area contributed by atoms with Crippen molar-refractivity contribution in [2.45, 2.75) is 66.2 Å². The highest BCUT2D eigenvalue weighted by atomic mass is 14.7. The van der Waals surface area contributed by atoms with Gasteiger partial charge in [0, 0.05) is 0 Å². The van der Waals surface area contributed by atoms with Crippen molar-refractivity contribution in [3.63, 3.8) is 0 Å². The van der Waals surface area contributed by atoms with Crippen LogP contribution >= 0.6 is 0 Å². The molecule has 3 saturated carbocycles. The monoisotopic (exact) mass is 206 g/mol. The van der Waals surface area contributed by atoms with Crippen LogP contribution in [0, 0.1) is 28.1 Å². The average Bonchev–Trinajstić information content (AvgIpc) is 2.71. The second kappa shape index (κ2) is 2.63. The Hall–Kier alpha value is 0. The number of hydrogen-bond acceptors (Lipinski definition) is 0. The van der Waals surface area contributed by atoms with Gasteiger partial charge in [-0.25, -0.2) is 0 Å². The summed E-state index contributed by atoms with van der Waals surface area (Å²) >= 11 is 0. The van der Waals surface area contributed by atoms with E-state index in [1.54, 1.807) is 19.3 Å². The molecule has 0 saturated heterocycles. The average molecular weight is 206 g/mol. The van der Waals surface area contributed by atoms with Gasteiger partial charge in [0.2, 0.25) is 0 Å². The normalized spacial score (nSPS) is 50.4. The number of fused-ring (bicyclic) bond motifs is 1. The van der Waals surface area contributed by atoms with Gasteiger partial charge in [-0.3, -0.25) is 0 Å². The van der Waals surface area contributed by atoms with Gasteiger partial charge >= 0.3 is 0 Å². The Balaban J connectivity index is 2.06. The number of rotatable bonds is 0. The van der Waals surface area contributed by atoms with Crippen LogP contribution in [0.3, 0.4) is 0 Å². The highest BCUT2D eigenvalue weighted by Gasteiger charge is 2.64. The second-order valence-electron chi connectivity index (χ2n) is 7.75. The first-order chi connectivity index (χ1) is 6.89. The van der Waals surface area contributed by atoms with Gasteiger partial charge in [0.1, 0.15) is 0 Å². The van der Waals surface area contributed by atoms with Gasteiger partial charge in [-0.2, -0.15) is 0 Å². The maximum absolute atomic E-state index is 2.58. The molecule has 3 aliphatic rings. The number of hydrogen-bond donors (Lipinski definition) is 0. The fourth-order valence-corrected chi connectivity index (χ4v) is 5.37. The van der Waals surface area contributed by atoms with Crippen molar-refractivity contribution in [3.05, 3.63) is 0 Å². The van der Waals surface area contributed by atoms with Crippen LogP contribution in [0.5, 0.6) is 0 Å². The maximum Gasteiger partial charge on any atom is -0.0210 e. The van der Waals surface area contributed by atoms with Crippen LogP contribution < -0.4 is 0 Å². The third kappa shape index (κ3) is 0.996. The summed E-state index contributed by atoms with van der Waals surface area (Å²) in [5, 5.41) is 0. The third-order valence-corrected chi connectivity index (χ3v) is 7.11. The smallest absolute Gasteiger partial charge is 0.0210 e. The van der Waals surface area contributed by atoms with Crippen molar-refractivity contribution < 1.29 is 0 Å². The van der Waals surface area contributed by atoms with Crippen molar-refractivity contribution >= 4 is 0 Å². The molecule has 15 heavy (non-hydrogen) atoms. The molecule has 3 unspecified atom stereocenters. The van der Waals surface area contributed by atoms with Crippen LogP contribution in [-0.4, -0.2) is 0 Å². The lowest BCUT2D eigenvalue weighted by Crippen LogP contribution is -2.52. The van der Waals surface area contributed by atoms with E-state index in [-0.39, 0.29) is 0 Å². The first-order valence-electron chi connectivity index (χ1n) is 6.89. The van der Waals surface area contributed by atoms with Crippen molar-refractivity contribution in [1.29, 1.82) is 0 Å². The largest absolute Gasteiger partial charge is 0.0594 e. The van der Waals surface area contributed by atoms with E-state index in [1.807, 2.05) is 0 Å². The Kier molecular flexibility index (Phi) is 1.78. The summed E-state index contributed by atoms with van der Waals surface area (Å²) in [6, 6.07) is 0. The first kappa shape index (κ1) is 10.2. The van der Waals surface area contributed by atoms with E-state index in [2.05, 4.69) is 27.7 Å². The Morgan fingerprint density at radius 2 is 1.67 bits per heavy atom. The van der Waals surface area contributed by atoms with E-state index < -0.39 is 0 Å². The summed E-state index contributed by atoms with van der Waals surface area (Å²) < 4.78 is 0. The van der Waals surface area contributed by atoms with Crippen LogP contribution in [-0.2, 0) is 0 Å². The molecule has 3 rings (SSSR count). The standard InChI is InChI=1S/C15H26/c1-13(2)7-6-12-9-11-5-8-15(12,10-11)14(13,3)4/h11-12H,5-10H2,1-4H3. The fourth-order valence-electron chi connectivity index (χ4n) is 5.37. The van der Waals surface area contributed by atoms with E-state index in [0.717, 1.165) is 17.3 Å². The molecule has 0 aromatic carbocycles. The molecule has 0 heterocycles. The predicted octanol–water partition coefficient (Wildman–Crippen LogP) is 4.64. The molecule has 0 aromatic heterocycles. The van der Waals surface area contributed by atoms with Crippen LogP contribution in [0.15, 0.2) is 0 Å². The molecule has 0 N–H and O–H groups in total. The Labute approximate surface area is 94.8 Å². The van der Waals surface area contributed by atoms with Gasteiger partial charge < -0.3 is 0 Å². The summed E-state index contributed by atoms with van der Waals surface area (Å²) in [4.78, 5) is 0. The molecule has 86 valence electrons. The van der Waals surface area contributed by atoms with Crippen molar-refractivity contribution in [3.8, 4) is 0 Å². The first-order valence-corrected chi connectivity index (χ1v) is 6.89. The minimum atomic E-state index is 0.558. The lowest BCUT2D eigenvalue weighted by molar-refractivity contribution is -0.113. The zero-order valence-electron chi connectivity index (χ0n) is 10.9. The minimum Gasteiger partial charge on any atom is -0.0594 e. The molecule has 0 amide bonds. The molecule has 0 radical (unpaired) electrons. The summed E-state index contributed by atoms with van der Waals surface area (Å²) in [5.74, 6) is 2.18. The molecule has 3 fully saturated rings. The molecule has 0 aromatic rings. The fraction of sp³-hybridized carbons (Fsp3) is 1.00. The van der Waals surface area contributed by atoms with Gasteiger partial charge in [0.25, 0.3) is 0 Å². The van der Waals surface area contributed by atoms with Gasteiger partial charge in [0.05, 0.1) is 0 Å². The highest BCUT2D eigenvalue weighted by molar-refractivity contribution is 5.14. The van der Waals surface area contributed by atoms with Gasteiger partial charge in [-0.05, 0) is 66.6 Å². The van der Waals surface area contributed by atoms with Crippen LogP contribution in [0.2, 0.25) is 0 Å². The molecular formula is C15H26. The Bertz CT molecular complexity index is 286. The SMILES string of the molecule is CC1(C)CCC2CC3CCC2(C3)C1(C)C. The topological polar surface area (TPSA) is 0 Å². The van der Waals surface area contributed by atoms with Crippen molar-refractivity contribution in [1.82, 2.24) is 0 Å². The summed E-state index contributed by atoms with van der Waals surface area (Å²) in [5.41, 5.74) is 1.86. The Morgan fingerprint density at radius 3 is 2.33 bits per heavy atom. The van der Waals surface area contributed by atoms with E-state index in [0.29, 0.717) is 10.8 Å². The molecule has 0 aliphatic heterocycles. The van der Waals surface area contributed by atoms with Gasteiger partial charge in [-0.1, -0.05) is 27.7 Å². The molecule has 0 heteroatoms. The minimum absolute atomic E-state index is 0.558. The van der Waals surface area contributed by atoms with Crippen molar-refractivity contribution in [2.75, 3.05) is 0 Å². The highest BCUT2D eigenvalue weighted by Crippen LogP contribution is 2.73. The lowest BCUT2D eigenvalue weighted by atomic mass is 9.44. The van der Waals surface area contributed by atoms with Gasteiger partial charge in [0.15, 0.2) is 0 Å². The summed E-state index contributed by atoms with van der Waals surface area (Å²) in [6.07, 6.45) is 9.19. The Morgan fingerprint density at radius 1 is 0.933 bits per heavy atom. The molecule has 0 nitrogen and oxygen atoms in total. The zero-order chi connectivity index (χ0) is 10.9. The summed E-state index contributed by atoms with van der Waals surface area (Å²) in [7, 11) is 0. The van der Waals surface area contributed by atoms with E-state index >= 15 is 0 Å².